The van der Waals surface area contributed by atoms with Gasteiger partial charge in [0, 0.05) is 6.42 Å². The molecule has 10 heavy (non-hydrogen) atoms. The Kier molecular flexibility index (Phi) is 6.96. The lowest BCUT2D eigenvalue weighted by atomic mass is 10.3. The third-order valence-corrected chi connectivity index (χ3v) is 2.05. The van der Waals surface area contributed by atoms with Gasteiger partial charge in [0.15, 0.2) is 0 Å². The summed E-state index contributed by atoms with van der Waals surface area (Å²) in [5.74, 6) is 7.51. The van der Waals surface area contributed by atoms with Crippen molar-refractivity contribution in [3.63, 3.8) is 0 Å². The van der Waals surface area contributed by atoms with Crippen molar-refractivity contribution in [2.75, 3.05) is 5.75 Å². The van der Waals surface area contributed by atoms with Crippen LogP contribution in [0.25, 0.3) is 0 Å². The fourth-order valence-corrected chi connectivity index (χ4v) is 1.30. The van der Waals surface area contributed by atoms with Crippen LogP contribution in [0.2, 0.25) is 0 Å². The molecule has 0 fully saturated rings. The van der Waals surface area contributed by atoms with E-state index in [1.165, 1.54) is 12.2 Å². The van der Waals surface area contributed by atoms with Gasteiger partial charge < -0.3 is 0 Å². The molecule has 0 heterocycles. The van der Waals surface area contributed by atoms with Crippen molar-refractivity contribution >= 4 is 11.8 Å². The van der Waals surface area contributed by atoms with Crippen LogP contribution in [0.5, 0.6) is 0 Å². The Labute approximate surface area is 68.8 Å². The first-order valence-electron chi connectivity index (χ1n) is 3.91. The van der Waals surface area contributed by atoms with Crippen LogP contribution in [-0.2, 0) is 0 Å². The van der Waals surface area contributed by atoms with E-state index >= 15 is 0 Å². The molecule has 0 aliphatic carbocycles. The minimum Gasteiger partial charge on any atom is -0.146 e. The topological polar surface area (TPSA) is 0 Å². The molecule has 0 N–H and O–H groups in total. The van der Waals surface area contributed by atoms with Crippen LogP contribution in [0.3, 0.4) is 0 Å². The van der Waals surface area contributed by atoms with E-state index in [0.29, 0.717) is 5.25 Å². The van der Waals surface area contributed by atoms with Crippen molar-refractivity contribution in [1.82, 2.24) is 0 Å². The molecular weight excluding hydrogens is 140 g/mol. The van der Waals surface area contributed by atoms with Crippen LogP contribution in [0.1, 0.15) is 33.6 Å². The van der Waals surface area contributed by atoms with E-state index in [0.717, 1.165) is 6.42 Å². The zero-order valence-corrected chi connectivity index (χ0v) is 7.92. The van der Waals surface area contributed by atoms with Crippen molar-refractivity contribution in [2.45, 2.75) is 38.9 Å². The van der Waals surface area contributed by atoms with Gasteiger partial charge in [-0.3, -0.25) is 0 Å². The first-order valence-corrected chi connectivity index (χ1v) is 4.96. The lowest BCUT2D eigenvalue weighted by molar-refractivity contribution is 0.981. The standard InChI is InChI=1S/C9H16S/c1-4-6-7-8-9(3)10-5-2/h9H,4-6H2,1-3H3. The lowest BCUT2D eigenvalue weighted by Crippen LogP contribution is -1.90. The SMILES string of the molecule is CCCC#CC(C)SCC. The summed E-state index contributed by atoms with van der Waals surface area (Å²) in [6, 6.07) is 0. The molecule has 0 radical (unpaired) electrons. The Hall–Kier alpha value is -0.0900. The Bertz CT molecular complexity index is 118. The third kappa shape index (κ3) is 6.04. The minimum absolute atomic E-state index is 0.525. The predicted octanol–water partition coefficient (Wildman–Crippen LogP) is 2.93. The van der Waals surface area contributed by atoms with Crippen LogP contribution >= 0.6 is 11.8 Å². The maximum Gasteiger partial charge on any atom is 0.0628 e. The molecule has 1 unspecified atom stereocenters. The molecule has 0 aliphatic heterocycles. The normalized spacial score (nSPS) is 11.9. The molecule has 0 aromatic rings. The van der Waals surface area contributed by atoms with E-state index in [2.05, 4.69) is 32.6 Å². The molecule has 0 saturated heterocycles. The quantitative estimate of drug-likeness (QED) is 0.566. The number of hydrogen-bond acceptors (Lipinski definition) is 1. The van der Waals surface area contributed by atoms with Gasteiger partial charge in [-0.25, -0.2) is 0 Å². The number of rotatable bonds is 3. The van der Waals surface area contributed by atoms with Gasteiger partial charge in [0.05, 0.1) is 5.25 Å². The van der Waals surface area contributed by atoms with Crippen molar-refractivity contribution in [3.05, 3.63) is 0 Å². The molecular formula is C9H16S. The van der Waals surface area contributed by atoms with E-state index in [-0.39, 0.29) is 0 Å². The maximum absolute atomic E-state index is 3.20. The number of unbranched alkanes of at least 4 members (excludes halogenated alkanes) is 1. The van der Waals surface area contributed by atoms with Gasteiger partial charge in [0.1, 0.15) is 0 Å². The molecule has 0 saturated carbocycles. The molecule has 58 valence electrons. The average molecular weight is 156 g/mol. The Morgan fingerprint density at radius 2 is 2.10 bits per heavy atom. The maximum atomic E-state index is 3.20. The van der Waals surface area contributed by atoms with Gasteiger partial charge in [0.2, 0.25) is 0 Å². The van der Waals surface area contributed by atoms with Gasteiger partial charge in [-0.05, 0) is 19.1 Å². The summed E-state index contributed by atoms with van der Waals surface area (Å²) in [6.07, 6.45) is 2.23. The second kappa shape index (κ2) is 7.02. The summed E-state index contributed by atoms with van der Waals surface area (Å²) in [5, 5.41) is 0.525. The summed E-state index contributed by atoms with van der Waals surface area (Å²) in [6.45, 7) is 6.49. The third-order valence-electron chi connectivity index (χ3n) is 1.10. The first-order chi connectivity index (χ1) is 4.81. The fraction of sp³-hybridized carbons (Fsp3) is 0.778. The van der Waals surface area contributed by atoms with E-state index in [1.807, 2.05) is 11.8 Å². The Balaban J connectivity index is 3.37. The van der Waals surface area contributed by atoms with Gasteiger partial charge in [-0.2, -0.15) is 0 Å². The van der Waals surface area contributed by atoms with Crippen LogP contribution in [0.15, 0.2) is 0 Å². The van der Waals surface area contributed by atoms with Crippen molar-refractivity contribution in [3.8, 4) is 11.8 Å². The average Bonchev–Trinajstić information content (AvgIpc) is 1.89. The summed E-state index contributed by atoms with van der Waals surface area (Å²) in [5.41, 5.74) is 0. The highest BCUT2D eigenvalue weighted by Gasteiger charge is 1.91. The predicted molar refractivity (Wildman–Crippen MR) is 50.3 cm³/mol. The van der Waals surface area contributed by atoms with Crippen molar-refractivity contribution < 1.29 is 0 Å². The molecule has 0 aromatic heterocycles. The molecule has 0 aromatic carbocycles. The van der Waals surface area contributed by atoms with Crippen molar-refractivity contribution in [1.29, 1.82) is 0 Å². The highest BCUT2D eigenvalue weighted by molar-refractivity contribution is 8.00. The van der Waals surface area contributed by atoms with Crippen molar-refractivity contribution in [2.24, 2.45) is 0 Å². The second-order valence-corrected chi connectivity index (χ2v) is 3.79. The van der Waals surface area contributed by atoms with Crippen LogP contribution in [0, 0.1) is 11.8 Å². The highest BCUT2D eigenvalue weighted by Crippen LogP contribution is 2.07. The van der Waals surface area contributed by atoms with Gasteiger partial charge in [-0.15, -0.1) is 17.7 Å². The fourth-order valence-electron chi connectivity index (χ4n) is 0.633. The monoisotopic (exact) mass is 156 g/mol. The van der Waals surface area contributed by atoms with E-state index in [9.17, 15) is 0 Å². The van der Waals surface area contributed by atoms with E-state index in [1.54, 1.807) is 0 Å². The van der Waals surface area contributed by atoms with Gasteiger partial charge >= 0.3 is 0 Å². The minimum atomic E-state index is 0.525. The molecule has 1 atom stereocenters. The van der Waals surface area contributed by atoms with Gasteiger partial charge in [0.25, 0.3) is 0 Å². The summed E-state index contributed by atoms with van der Waals surface area (Å²) >= 11 is 1.91. The molecule has 0 amide bonds. The summed E-state index contributed by atoms with van der Waals surface area (Å²) < 4.78 is 0. The van der Waals surface area contributed by atoms with Crippen LogP contribution in [-0.4, -0.2) is 11.0 Å². The zero-order chi connectivity index (χ0) is 7.82. The molecule has 0 bridgehead atoms. The van der Waals surface area contributed by atoms with Gasteiger partial charge in [-0.1, -0.05) is 19.8 Å². The Morgan fingerprint density at radius 3 is 2.60 bits per heavy atom. The lowest BCUT2D eigenvalue weighted by Gasteiger charge is -1.97. The highest BCUT2D eigenvalue weighted by atomic mass is 32.2. The molecule has 0 spiro atoms. The van der Waals surface area contributed by atoms with E-state index in [4.69, 9.17) is 0 Å². The number of hydrogen-bond donors (Lipinski definition) is 0. The molecule has 1 heteroatoms. The molecule has 0 nitrogen and oxygen atoms in total. The number of thioether (sulfide) groups is 1. The smallest absolute Gasteiger partial charge is 0.0628 e. The molecule has 0 rings (SSSR count). The first kappa shape index (κ1) is 9.91. The van der Waals surface area contributed by atoms with Crippen LogP contribution in [0.4, 0.5) is 0 Å². The second-order valence-electron chi connectivity index (χ2n) is 2.17. The zero-order valence-electron chi connectivity index (χ0n) is 7.11. The summed E-state index contributed by atoms with van der Waals surface area (Å²) in [4.78, 5) is 0. The molecule has 0 aliphatic rings. The van der Waals surface area contributed by atoms with E-state index < -0.39 is 0 Å². The summed E-state index contributed by atoms with van der Waals surface area (Å²) in [7, 11) is 0. The largest absolute Gasteiger partial charge is 0.146 e. The van der Waals surface area contributed by atoms with Crippen LogP contribution < -0.4 is 0 Å². The Morgan fingerprint density at radius 1 is 1.40 bits per heavy atom.